The van der Waals surface area contributed by atoms with Crippen molar-refractivity contribution in [1.82, 2.24) is 0 Å². The molecule has 0 aromatic rings. The minimum atomic E-state index is 0.209. The average Bonchev–Trinajstić information content (AvgIpc) is 3.00. The third-order valence-electron chi connectivity index (χ3n) is 3.33. The zero-order valence-corrected chi connectivity index (χ0v) is 9.81. The first-order valence-electron chi connectivity index (χ1n) is 5.55. The second kappa shape index (κ2) is 4.31. The van der Waals surface area contributed by atoms with Crippen LogP contribution in [-0.4, -0.2) is 17.5 Å². The van der Waals surface area contributed by atoms with Crippen LogP contribution >= 0.6 is 15.9 Å². The molecule has 0 saturated heterocycles. The molecule has 0 unspecified atom stereocenters. The Labute approximate surface area is 89.4 Å². The summed E-state index contributed by atoms with van der Waals surface area (Å²) >= 11 is 3.61. The largest absolute Gasteiger partial charge is 0.374 e. The highest BCUT2D eigenvalue weighted by atomic mass is 79.9. The topological polar surface area (TPSA) is 9.23 Å². The molecular formula is C11H19BrO. The number of hydrogen-bond donors (Lipinski definition) is 0. The maximum absolute atomic E-state index is 6.10. The van der Waals surface area contributed by atoms with E-state index in [1.54, 1.807) is 0 Å². The molecule has 2 aliphatic rings. The summed E-state index contributed by atoms with van der Waals surface area (Å²) in [6, 6.07) is 0. The summed E-state index contributed by atoms with van der Waals surface area (Å²) in [5.74, 6) is 0.901. The van der Waals surface area contributed by atoms with E-state index in [1.165, 1.54) is 44.9 Å². The van der Waals surface area contributed by atoms with Gasteiger partial charge in [-0.2, -0.15) is 0 Å². The highest BCUT2D eigenvalue weighted by Crippen LogP contribution is 2.36. The first-order valence-corrected chi connectivity index (χ1v) is 6.67. The van der Waals surface area contributed by atoms with Gasteiger partial charge in [0.1, 0.15) is 0 Å². The highest BCUT2D eigenvalue weighted by molar-refractivity contribution is 9.09. The van der Waals surface area contributed by atoms with E-state index in [9.17, 15) is 0 Å². The number of hydrogen-bond acceptors (Lipinski definition) is 1. The lowest BCUT2D eigenvalue weighted by Crippen LogP contribution is -2.37. The number of halogens is 1. The van der Waals surface area contributed by atoms with Crippen molar-refractivity contribution in [2.45, 2.75) is 50.5 Å². The predicted octanol–water partition coefficient (Wildman–Crippen LogP) is 3.51. The van der Waals surface area contributed by atoms with Gasteiger partial charge in [-0.1, -0.05) is 35.2 Å². The third-order valence-corrected chi connectivity index (χ3v) is 4.35. The van der Waals surface area contributed by atoms with Gasteiger partial charge in [-0.3, -0.25) is 0 Å². The standard InChI is InChI=1S/C11H19BrO/c12-9-11(6-2-1-3-7-11)13-8-10-4-5-10/h10H,1-9H2. The van der Waals surface area contributed by atoms with Crippen LogP contribution in [0.5, 0.6) is 0 Å². The number of ether oxygens (including phenoxy) is 1. The third kappa shape index (κ3) is 2.69. The normalized spacial score (nSPS) is 27.5. The number of alkyl halides is 1. The lowest BCUT2D eigenvalue weighted by atomic mass is 9.86. The maximum atomic E-state index is 6.10. The lowest BCUT2D eigenvalue weighted by molar-refractivity contribution is -0.0560. The molecule has 0 N–H and O–H groups in total. The molecule has 0 bridgehead atoms. The Morgan fingerprint density at radius 2 is 1.85 bits per heavy atom. The number of rotatable bonds is 4. The predicted molar refractivity (Wildman–Crippen MR) is 58.3 cm³/mol. The van der Waals surface area contributed by atoms with Crippen molar-refractivity contribution >= 4 is 15.9 Å². The van der Waals surface area contributed by atoms with Crippen LogP contribution in [0.2, 0.25) is 0 Å². The quantitative estimate of drug-likeness (QED) is 0.691. The van der Waals surface area contributed by atoms with Crippen LogP contribution in [0, 0.1) is 5.92 Å². The Morgan fingerprint density at radius 3 is 2.38 bits per heavy atom. The minimum Gasteiger partial charge on any atom is -0.374 e. The van der Waals surface area contributed by atoms with Crippen LogP contribution in [0.15, 0.2) is 0 Å². The minimum absolute atomic E-state index is 0.209. The molecule has 0 heterocycles. The summed E-state index contributed by atoms with van der Waals surface area (Å²) < 4.78 is 6.10. The zero-order valence-electron chi connectivity index (χ0n) is 8.23. The van der Waals surface area contributed by atoms with Crippen molar-refractivity contribution in [3.63, 3.8) is 0 Å². The maximum Gasteiger partial charge on any atom is 0.0779 e. The Morgan fingerprint density at radius 1 is 1.15 bits per heavy atom. The van der Waals surface area contributed by atoms with E-state index in [2.05, 4.69) is 15.9 Å². The second-order valence-electron chi connectivity index (χ2n) is 4.63. The lowest BCUT2D eigenvalue weighted by Gasteiger charge is -2.35. The fourth-order valence-corrected chi connectivity index (χ4v) is 2.81. The molecule has 13 heavy (non-hydrogen) atoms. The van der Waals surface area contributed by atoms with Crippen LogP contribution in [-0.2, 0) is 4.74 Å². The van der Waals surface area contributed by atoms with E-state index in [0.717, 1.165) is 17.9 Å². The van der Waals surface area contributed by atoms with Gasteiger partial charge in [0.05, 0.1) is 12.2 Å². The molecular weight excluding hydrogens is 228 g/mol. The molecule has 0 aromatic heterocycles. The first kappa shape index (κ1) is 9.97. The van der Waals surface area contributed by atoms with E-state index in [-0.39, 0.29) is 5.60 Å². The Bertz CT molecular complexity index is 159. The zero-order chi connectivity index (χ0) is 9.15. The SMILES string of the molecule is BrCC1(OCC2CC2)CCCCC1. The van der Waals surface area contributed by atoms with E-state index < -0.39 is 0 Å². The van der Waals surface area contributed by atoms with E-state index in [0.29, 0.717) is 0 Å². The molecule has 2 aliphatic carbocycles. The summed E-state index contributed by atoms with van der Waals surface area (Å²) in [6.07, 6.45) is 9.46. The molecule has 0 radical (unpaired) electrons. The fraction of sp³-hybridized carbons (Fsp3) is 1.00. The first-order chi connectivity index (χ1) is 6.35. The summed E-state index contributed by atoms with van der Waals surface area (Å²) in [4.78, 5) is 0. The van der Waals surface area contributed by atoms with Crippen LogP contribution in [0.4, 0.5) is 0 Å². The van der Waals surface area contributed by atoms with E-state index in [4.69, 9.17) is 4.74 Å². The van der Waals surface area contributed by atoms with Gasteiger partial charge in [0.2, 0.25) is 0 Å². The van der Waals surface area contributed by atoms with E-state index in [1.807, 2.05) is 0 Å². The van der Waals surface area contributed by atoms with Crippen molar-refractivity contribution in [2.75, 3.05) is 11.9 Å². The molecule has 2 fully saturated rings. The van der Waals surface area contributed by atoms with E-state index >= 15 is 0 Å². The second-order valence-corrected chi connectivity index (χ2v) is 5.19. The molecule has 0 spiro atoms. The van der Waals surface area contributed by atoms with Gasteiger partial charge in [-0.25, -0.2) is 0 Å². The van der Waals surface area contributed by atoms with Crippen LogP contribution in [0.1, 0.15) is 44.9 Å². The van der Waals surface area contributed by atoms with Gasteiger partial charge < -0.3 is 4.74 Å². The van der Waals surface area contributed by atoms with Gasteiger partial charge in [-0.05, 0) is 31.6 Å². The fourth-order valence-electron chi connectivity index (χ4n) is 2.09. The monoisotopic (exact) mass is 246 g/mol. The Balaban J connectivity index is 1.80. The van der Waals surface area contributed by atoms with Gasteiger partial charge in [0.25, 0.3) is 0 Å². The van der Waals surface area contributed by atoms with Crippen molar-refractivity contribution < 1.29 is 4.74 Å². The highest BCUT2D eigenvalue weighted by Gasteiger charge is 2.34. The van der Waals surface area contributed by atoms with Crippen molar-refractivity contribution in [3.8, 4) is 0 Å². The van der Waals surface area contributed by atoms with Crippen LogP contribution < -0.4 is 0 Å². The van der Waals surface area contributed by atoms with Gasteiger partial charge >= 0.3 is 0 Å². The molecule has 2 saturated carbocycles. The average molecular weight is 247 g/mol. The molecule has 0 atom stereocenters. The molecule has 1 nitrogen and oxygen atoms in total. The molecule has 2 rings (SSSR count). The molecule has 0 aliphatic heterocycles. The molecule has 2 heteroatoms. The molecule has 0 aromatic carbocycles. The summed E-state index contributed by atoms with van der Waals surface area (Å²) in [5, 5.41) is 1.03. The van der Waals surface area contributed by atoms with Gasteiger partial charge in [0, 0.05) is 5.33 Å². The molecule has 0 amide bonds. The Hall–Kier alpha value is 0.440. The van der Waals surface area contributed by atoms with Crippen LogP contribution in [0.3, 0.4) is 0 Å². The smallest absolute Gasteiger partial charge is 0.0779 e. The van der Waals surface area contributed by atoms with Crippen molar-refractivity contribution in [1.29, 1.82) is 0 Å². The summed E-state index contributed by atoms with van der Waals surface area (Å²) in [5.41, 5.74) is 0.209. The van der Waals surface area contributed by atoms with Crippen LogP contribution in [0.25, 0.3) is 0 Å². The Kier molecular flexibility index (Phi) is 3.31. The molecule has 76 valence electrons. The van der Waals surface area contributed by atoms with Crippen molar-refractivity contribution in [3.05, 3.63) is 0 Å². The van der Waals surface area contributed by atoms with Crippen molar-refractivity contribution in [2.24, 2.45) is 5.92 Å². The summed E-state index contributed by atoms with van der Waals surface area (Å²) in [7, 11) is 0. The summed E-state index contributed by atoms with van der Waals surface area (Å²) in [6.45, 7) is 1.02. The van der Waals surface area contributed by atoms with Gasteiger partial charge in [-0.15, -0.1) is 0 Å². The van der Waals surface area contributed by atoms with Gasteiger partial charge in [0.15, 0.2) is 0 Å².